The summed E-state index contributed by atoms with van der Waals surface area (Å²) >= 11 is 5.56. The summed E-state index contributed by atoms with van der Waals surface area (Å²) in [7, 11) is 0. The van der Waals surface area contributed by atoms with Crippen molar-refractivity contribution in [1.29, 1.82) is 0 Å². The van der Waals surface area contributed by atoms with E-state index in [1.165, 1.54) is 18.2 Å². The van der Waals surface area contributed by atoms with E-state index in [1.54, 1.807) is 0 Å². The van der Waals surface area contributed by atoms with Crippen LogP contribution in [0, 0.1) is 5.82 Å². The number of carboxylic acid groups (broad SMARTS) is 1. The van der Waals surface area contributed by atoms with E-state index in [2.05, 4.69) is 0 Å². The first-order valence-electron chi connectivity index (χ1n) is 4.82. The Morgan fingerprint density at radius 2 is 1.83 bits per heavy atom. The van der Waals surface area contributed by atoms with Crippen LogP contribution < -0.4 is 0 Å². The normalized spacial score (nSPS) is 10.3. The number of aromatic carboxylic acids is 1. The molecule has 0 radical (unpaired) electrons. The number of benzene rings is 1. The smallest absolute Gasteiger partial charge is 0.371 e. The number of hydrogen-bond donors (Lipinski definition) is 1. The highest BCUT2D eigenvalue weighted by Crippen LogP contribution is 2.19. The minimum Gasteiger partial charge on any atom is -0.475 e. The van der Waals surface area contributed by atoms with Crippen molar-refractivity contribution in [3.63, 3.8) is 0 Å². The fourth-order valence-electron chi connectivity index (χ4n) is 1.38. The number of halogens is 2. The van der Waals surface area contributed by atoms with Gasteiger partial charge in [-0.2, -0.15) is 0 Å². The Morgan fingerprint density at radius 3 is 2.39 bits per heavy atom. The molecule has 0 fully saturated rings. The molecule has 0 aliphatic rings. The molecule has 2 aromatic rings. The second-order valence-corrected chi connectivity index (χ2v) is 3.86. The van der Waals surface area contributed by atoms with Crippen LogP contribution in [0.2, 0.25) is 5.02 Å². The molecule has 0 spiro atoms. The third-order valence-corrected chi connectivity index (χ3v) is 2.45. The van der Waals surface area contributed by atoms with Crippen molar-refractivity contribution in [2.24, 2.45) is 0 Å². The molecule has 4 nitrogen and oxygen atoms in total. The Balaban J connectivity index is 2.38. The summed E-state index contributed by atoms with van der Waals surface area (Å²) < 4.78 is 18.3. The van der Waals surface area contributed by atoms with Crippen LogP contribution in [0.5, 0.6) is 0 Å². The van der Waals surface area contributed by atoms with Crippen LogP contribution in [-0.2, 0) is 0 Å². The summed E-state index contributed by atoms with van der Waals surface area (Å²) in [4.78, 5) is 22.4. The summed E-state index contributed by atoms with van der Waals surface area (Å²) in [6.07, 6.45) is 0. The van der Waals surface area contributed by atoms with Crippen LogP contribution in [0.15, 0.2) is 34.7 Å². The molecule has 0 amide bonds. The molecule has 1 aromatic heterocycles. The molecule has 0 unspecified atom stereocenters. The summed E-state index contributed by atoms with van der Waals surface area (Å²) in [6.45, 7) is 0. The van der Waals surface area contributed by atoms with Gasteiger partial charge >= 0.3 is 5.97 Å². The predicted octanol–water partition coefficient (Wildman–Crippen LogP) is 3.00. The first-order valence-corrected chi connectivity index (χ1v) is 5.19. The fourth-order valence-corrected chi connectivity index (χ4v) is 1.54. The van der Waals surface area contributed by atoms with E-state index in [-0.39, 0.29) is 22.1 Å². The highest BCUT2D eigenvalue weighted by atomic mass is 35.5. The average Bonchev–Trinajstić information content (AvgIpc) is 2.77. The molecule has 92 valence electrons. The molecule has 0 saturated carbocycles. The third-order valence-electron chi connectivity index (χ3n) is 2.22. The summed E-state index contributed by atoms with van der Waals surface area (Å²) in [5.74, 6) is -3.45. The minimum absolute atomic E-state index is 0.162. The molecular formula is C12H6ClFO4. The van der Waals surface area contributed by atoms with E-state index in [0.29, 0.717) is 0 Å². The highest BCUT2D eigenvalue weighted by molar-refractivity contribution is 6.30. The number of carbonyl (C=O) groups is 2. The van der Waals surface area contributed by atoms with Crippen LogP contribution in [0.25, 0.3) is 0 Å². The zero-order chi connectivity index (χ0) is 13.3. The molecular weight excluding hydrogens is 263 g/mol. The zero-order valence-electron chi connectivity index (χ0n) is 8.81. The van der Waals surface area contributed by atoms with Gasteiger partial charge in [0.15, 0.2) is 5.76 Å². The van der Waals surface area contributed by atoms with Gasteiger partial charge < -0.3 is 9.52 Å². The number of furan rings is 1. The lowest BCUT2D eigenvalue weighted by atomic mass is 10.1. The van der Waals surface area contributed by atoms with Gasteiger partial charge in [-0.25, -0.2) is 9.18 Å². The lowest BCUT2D eigenvalue weighted by Gasteiger charge is -2.00. The lowest BCUT2D eigenvalue weighted by molar-refractivity contribution is 0.0660. The fraction of sp³-hybridized carbons (Fsp3) is 0. The Labute approximate surface area is 106 Å². The van der Waals surface area contributed by atoms with Gasteiger partial charge in [0.2, 0.25) is 11.5 Å². The average molecular weight is 269 g/mol. The van der Waals surface area contributed by atoms with Gasteiger partial charge in [0, 0.05) is 5.02 Å². The number of rotatable bonds is 3. The Kier molecular flexibility index (Phi) is 3.16. The Bertz CT molecular complexity index is 633. The van der Waals surface area contributed by atoms with Gasteiger partial charge in [0.05, 0.1) is 5.56 Å². The lowest BCUT2D eigenvalue weighted by Crippen LogP contribution is -2.03. The van der Waals surface area contributed by atoms with Crippen LogP contribution in [0.4, 0.5) is 4.39 Å². The van der Waals surface area contributed by atoms with Gasteiger partial charge in [-0.1, -0.05) is 11.6 Å². The quantitative estimate of drug-likeness (QED) is 0.869. The molecule has 6 heteroatoms. The van der Waals surface area contributed by atoms with E-state index in [0.717, 1.165) is 12.1 Å². The van der Waals surface area contributed by atoms with Gasteiger partial charge in [-0.05, 0) is 30.3 Å². The van der Waals surface area contributed by atoms with Crippen molar-refractivity contribution in [3.8, 4) is 0 Å². The Hall–Kier alpha value is -2.14. The molecule has 1 N–H and O–H groups in total. The first-order chi connectivity index (χ1) is 8.49. The summed E-state index contributed by atoms with van der Waals surface area (Å²) in [6, 6.07) is 5.88. The number of carbonyl (C=O) groups excluding carboxylic acids is 1. The maximum Gasteiger partial charge on any atom is 0.371 e. The third kappa shape index (κ3) is 2.26. The predicted molar refractivity (Wildman–Crippen MR) is 60.5 cm³/mol. The number of hydrogen-bond acceptors (Lipinski definition) is 3. The second-order valence-electron chi connectivity index (χ2n) is 3.42. The highest BCUT2D eigenvalue weighted by Gasteiger charge is 2.19. The molecule has 2 rings (SSSR count). The van der Waals surface area contributed by atoms with Crippen LogP contribution in [-0.4, -0.2) is 16.9 Å². The Morgan fingerprint density at radius 1 is 1.17 bits per heavy atom. The topological polar surface area (TPSA) is 67.5 Å². The van der Waals surface area contributed by atoms with Crippen molar-refractivity contribution in [2.45, 2.75) is 0 Å². The van der Waals surface area contributed by atoms with Crippen molar-refractivity contribution >= 4 is 23.4 Å². The molecule has 0 aliphatic carbocycles. The van der Waals surface area contributed by atoms with Crippen LogP contribution in [0.1, 0.15) is 26.7 Å². The van der Waals surface area contributed by atoms with Crippen LogP contribution >= 0.6 is 11.6 Å². The molecule has 0 saturated heterocycles. The number of ketones is 1. The monoisotopic (exact) mass is 268 g/mol. The van der Waals surface area contributed by atoms with Gasteiger partial charge in [0.25, 0.3) is 0 Å². The molecule has 0 atom stereocenters. The van der Waals surface area contributed by atoms with E-state index in [4.69, 9.17) is 21.1 Å². The van der Waals surface area contributed by atoms with Gasteiger partial charge in [0.1, 0.15) is 5.82 Å². The molecule has 1 heterocycles. The van der Waals surface area contributed by atoms with Crippen LogP contribution in [0.3, 0.4) is 0 Å². The summed E-state index contributed by atoms with van der Waals surface area (Å²) in [5.41, 5.74) is -0.231. The van der Waals surface area contributed by atoms with Crippen molar-refractivity contribution < 1.29 is 23.5 Å². The van der Waals surface area contributed by atoms with Gasteiger partial charge in [-0.3, -0.25) is 4.79 Å². The maximum atomic E-state index is 13.5. The molecule has 0 bridgehead atoms. The number of carboxylic acids is 1. The van der Waals surface area contributed by atoms with Crippen molar-refractivity contribution in [2.75, 3.05) is 0 Å². The largest absolute Gasteiger partial charge is 0.475 e. The maximum absolute atomic E-state index is 13.5. The SMILES string of the molecule is O=C(O)c1ccc(C(=O)c2ccc(Cl)cc2F)o1. The standard InChI is InChI=1S/C12H6ClFO4/c13-6-1-2-7(8(14)5-6)11(15)9-3-4-10(18-9)12(16)17/h1-5H,(H,16,17). The van der Waals surface area contributed by atoms with E-state index >= 15 is 0 Å². The first kappa shape index (κ1) is 12.3. The molecule has 0 aliphatic heterocycles. The van der Waals surface area contributed by atoms with Crippen molar-refractivity contribution in [1.82, 2.24) is 0 Å². The van der Waals surface area contributed by atoms with E-state index < -0.39 is 17.6 Å². The van der Waals surface area contributed by atoms with Gasteiger partial charge in [-0.15, -0.1) is 0 Å². The minimum atomic E-state index is -1.30. The zero-order valence-corrected chi connectivity index (χ0v) is 9.57. The second kappa shape index (κ2) is 4.62. The molecule has 1 aromatic carbocycles. The van der Waals surface area contributed by atoms with E-state index in [1.807, 2.05) is 0 Å². The summed E-state index contributed by atoms with van der Waals surface area (Å²) in [5, 5.41) is 8.81. The molecule has 18 heavy (non-hydrogen) atoms. The van der Waals surface area contributed by atoms with Crippen molar-refractivity contribution in [3.05, 3.63) is 58.3 Å². The van der Waals surface area contributed by atoms with E-state index in [9.17, 15) is 14.0 Å².